The van der Waals surface area contributed by atoms with Crippen molar-refractivity contribution >= 4 is 10.9 Å². The number of hydrogen-bond acceptors (Lipinski definition) is 3. The normalized spacial score (nSPS) is 9.67. The molecule has 0 aliphatic heterocycles. The molecule has 0 unspecified atom stereocenters. The Morgan fingerprint density at radius 2 is 1.83 bits per heavy atom. The van der Waals surface area contributed by atoms with Crippen LogP contribution in [-0.4, -0.2) is 15.2 Å². The van der Waals surface area contributed by atoms with E-state index in [2.05, 4.69) is 15.2 Å². The third-order valence-electron chi connectivity index (χ3n) is 2.26. The number of rotatable bonds is 2. The van der Waals surface area contributed by atoms with Gasteiger partial charge in [0.15, 0.2) is 0 Å². The highest BCUT2D eigenvalue weighted by Crippen LogP contribution is 2.21. The van der Waals surface area contributed by atoms with Gasteiger partial charge in [-0.2, -0.15) is 5.10 Å². The van der Waals surface area contributed by atoms with Gasteiger partial charge in [-0.15, -0.1) is 0 Å². The van der Waals surface area contributed by atoms with Crippen molar-refractivity contribution in [3.63, 3.8) is 0 Å². The summed E-state index contributed by atoms with van der Waals surface area (Å²) in [6.07, 6.45) is 3.46. The molecule has 1 aromatic carbocycles. The van der Waals surface area contributed by atoms with Gasteiger partial charge in [0.2, 0.25) is 5.88 Å². The number of nitrogens with zero attached hydrogens (tertiary/aromatic N) is 2. The molecule has 3 aromatic rings. The van der Waals surface area contributed by atoms with E-state index in [1.54, 1.807) is 12.4 Å². The van der Waals surface area contributed by atoms with E-state index in [9.17, 15) is 0 Å². The second-order valence-corrected chi connectivity index (χ2v) is 3.39. The first kappa shape index (κ1) is 12.1. The minimum atomic E-state index is 0.558. The molecule has 0 aliphatic carbocycles. The van der Waals surface area contributed by atoms with Crippen molar-refractivity contribution in [3.8, 4) is 11.6 Å². The van der Waals surface area contributed by atoms with Crippen LogP contribution in [0.3, 0.4) is 0 Å². The molecule has 0 aliphatic rings. The minimum Gasteiger partial charge on any atom is -0.439 e. The SMILES string of the molecule is CC.c1ccc(Oc2cc3[nH]ncc3cn2)cc1. The fourth-order valence-corrected chi connectivity index (χ4v) is 1.48. The van der Waals surface area contributed by atoms with Gasteiger partial charge in [-0.05, 0) is 12.1 Å². The van der Waals surface area contributed by atoms with E-state index in [-0.39, 0.29) is 0 Å². The van der Waals surface area contributed by atoms with Gasteiger partial charge >= 0.3 is 0 Å². The average Bonchev–Trinajstić information content (AvgIpc) is 2.90. The number of para-hydroxylation sites is 1. The molecular formula is C14H15N3O. The number of pyridine rings is 1. The van der Waals surface area contributed by atoms with E-state index >= 15 is 0 Å². The number of H-pyrrole nitrogens is 1. The topological polar surface area (TPSA) is 50.8 Å². The van der Waals surface area contributed by atoms with Crippen molar-refractivity contribution in [1.29, 1.82) is 0 Å². The lowest BCUT2D eigenvalue weighted by molar-refractivity contribution is 0.464. The Kier molecular flexibility index (Phi) is 3.91. The summed E-state index contributed by atoms with van der Waals surface area (Å²) < 4.78 is 5.60. The highest BCUT2D eigenvalue weighted by atomic mass is 16.5. The molecule has 2 aromatic heterocycles. The lowest BCUT2D eigenvalue weighted by Gasteiger charge is -2.03. The van der Waals surface area contributed by atoms with E-state index in [1.807, 2.05) is 50.2 Å². The van der Waals surface area contributed by atoms with Crippen molar-refractivity contribution in [2.45, 2.75) is 13.8 Å². The monoisotopic (exact) mass is 241 g/mol. The van der Waals surface area contributed by atoms with Crippen molar-refractivity contribution in [2.75, 3.05) is 0 Å². The molecule has 3 rings (SSSR count). The lowest BCUT2D eigenvalue weighted by atomic mass is 10.3. The van der Waals surface area contributed by atoms with Gasteiger partial charge < -0.3 is 4.74 Å². The van der Waals surface area contributed by atoms with E-state index in [0.29, 0.717) is 5.88 Å². The van der Waals surface area contributed by atoms with Crippen LogP contribution in [0.2, 0.25) is 0 Å². The molecule has 1 N–H and O–H groups in total. The van der Waals surface area contributed by atoms with Crippen LogP contribution >= 0.6 is 0 Å². The van der Waals surface area contributed by atoms with Crippen LogP contribution < -0.4 is 4.74 Å². The summed E-state index contributed by atoms with van der Waals surface area (Å²) in [5.41, 5.74) is 0.918. The van der Waals surface area contributed by atoms with Gasteiger partial charge in [0.1, 0.15) is 5.75 Å². The van der Waals surface area contributed by atoms with Crippen molar-refractivity contribution in [1.82, 2.24) is 15.2 Å². The maximum absolute atomic E-state index is 5.60. The lowest BCUT2D eigenvalue weighted by Crippen LogP contribution is -1.86. The summed E-state index contributed by atoms with van der Waals surface area (Å²) in [5.74, 6) is 1.33. The molecule has 0 radical (unpaired) electrons. The quantitative estimate of drug-likeness (QED) is 0.742. The Morgan fingerprint density at radius 1 is 1.06 bits per heavy atom. The predicted molar refractivity (Wildman–Crippen MR) is 71.8 cm³/mol. The van der Waals surface area contributed by atoms with Gasteiger partial charge in [-0.25, -0.2) is 4.98 Å². The number of fused-ring (bicyclic) bond motifs is 1. The Balaban J connectivity index is 0.000000574. The molecule has 0 saturated carbocycles. The molecule has 0 bridgehead atoms. The first-order valence-electron chi connectivity index (χ1n) is 5.94. The van der Waals surface area contributed by atoms with Crippen molar-refractivity contribution in [3.05, 3.63) is 48.8 Å². The van der Waals surface area contributed by atoms with Crippen molar-refractivity contribution < 1.29 is 4.74 Å². The Morgan fingerprint density at radius 3 is 2.61 bits per heavy atom. The number of aromatic nitrogens is 3. The molecule has 0 fully saturated rings. The molecule has 92 valence electrons. The van der Waals surface area contributed by atoms with E-state index in [0.717, 1.165) is 16.7 Å². The standard InChI is InChI=1S/C12H9N3O.C2H6/c1-2-4-10(5-3-1)16-12-6-11-9(7-13-12)8-14-15-11;1-2/h1-8H,(H,14,15);1-2H3. The van der Waals surface area contributed by atoms with Gasteiger partial charge in [-0.1, -0.05) is 32.0 Å². The van der Waals surface area contributed by atoms with Crippen LogP contribution in [0.4, 0.5) is 0 Å². The van der Waals surface area contributed by atoms with E-state index in [4.69, 9.17) is 4.74 Å². The fourth-order valence-electron chi connectivity index (χ4n) is 1.48. The summed E-state index contributed by atoms with van der Waals surface area (Å²) in [6, 6.07) is 11.4. The molecule has 0 atom stereocenters. The van der Waals surface area contributed by atoms with Gasteiger partial charge in [0.25, 0.3) is 0 Å². The zero-order chi connectivity index (χ0) is 12.8. The molecule has 0 amide bonds. The second kappa shape index (κ2) is 5.82. The molecule has 0 spiro atoms. The van der Waals surface area contributed by atoms with Gasteiger partial charge in [0, 0.05) is 17.6 Å². The number of hydrogen-bond donors (Lipinski definition) is 1. The van der Waals surface area contributed by atoms with Crippen LogP contribution in [0.25, 0.3) is 10.9 Å². The number of nitrogens with one attached hydrogen (secondary N) is 1. The summed E-state index contributed by atoms with van der Waals surface area (Å²) in [4.78, 5) is 4.19. The van der Waals surface area contributed by atoms with Crippen LogP contribution in [-0.2, 0) is 0 Å². The molecular weight excluding hydrogens is 226 g/mol. The van der Waals surface area contributed by atoms with Crippen LogP contribution in [0.15, 0.2) is 48.8 Å². The smallest absolute Gasteiger partial charge is 0.221 e. The number of benzene rings is 1. The summed E-state index contributed by atoms with van der Waals surface area (Å²) in [6.45, 7) is 4.00. The summed E-state index contributed by atoms with van der Waals surface area (Å²) in [5, 5.41) is 7.78. The maximum atomic E-state index is 5.60. The number of aromatic amines is 1. The first-order chi connectivity index (χ1) is 8.92. The Hall–Kier alpha value is -2.36. The van der Waals surface area contributed by atoms with Gasteiger partial charge in [0.05, 0.1) is 11.7 Å². The zero-order valence-electron chi connectivity index (χ0n) is 10.4. The number of ether oxygens (including phenoxy) is 1. The molecule has 2 heterocycles. The summed E-state index contributed by atoms with van der Waals surface area (Å²) in [7, 11) is 0. The third kappa shape index (κ3) is 2.66. The van der Waals surface area contributed by atoms with Gasteiger partial charge in [-0.3, -0.25) is 5.10 Å². The Labute approximate surface area is 106 Å². The van der Waals surface area contributed by atoms with Crippen LogP contribution in [0.5, 0.6) is 11.6 Å². The Bertz CT molecular complexity index is 605. The second-order valence-electron chi connectivity index (χ2n) is 3.39. The predicted octanol–water partition coefficient (Wildman–Crippen LogP) is 3.78. The van der Waals surface area contributed by atoms with E-state index in [1.165, 1.54) is 0 Å². The van der Waals surface area contributed by atoms with Crippen LogP contribution in [0, 0.1) is 0 Å². The van der Waals surface area contributed by atoms with Crippen LogP contribution in [0.1, 0.15) is 13.8 Å². The largest absolute Gasteiger partial charge is 0.439 e. The minimum absolute atomic E-state index is 0.558. The van der Waals surface area contributed by atoms with Crippen molar-refractivity contribution in [2.24, 2.45) is 0 Å². The molecule has 0 saturated heterocycles. The molecule has 4 heteroatoms. The maximum Gasteiger partial charge on any atom is 0.221 e. The zero-order valence-corrected chi connectivity index (χ0v) is 10.4. The highest BCUT2D eigenvalue weighted by Gasteiger charge is 2.01. The fraction of sp³-hybridized carbons (Fsp3) is 0.143. The average molecular weight is 241 g/mol. The third-order valence-corrected chi connectivity index (χ3v) is 2.26. The molecule has 18 heavy (non-hydrogen) atoms. The highest BCUT2D eigenvalue weighted by molar-refractivity contribution is 5.77. The summed E-state index contributed by atoms with van der Waals surface area (Å²) >= 11 is 0. The molecule has 4 nitrogen and oxygen atoms in total. The van der Waals surface area contributed by atoms with E-state index < -0.39 is 0 Å². The first-order valence-corrected chi connectivity index (χ1v) is 5.94.